The summed E-state index contributed by atoms with van der Waals surface area (Å²) in [6.07, 6.45) is 2.00. The van der Waals surface area contributed by atoms with Gasteiger partial charge in [0, 0.05) is 29.7 Å². The van der Waals surface area contributed by atoms with Crippen molar-refractivity contribution in [2.24, 2.45) is 5.92 Å². The van der Waals surface area contributed by atoms with E-state index in [0.717, 1.165) is 31.4 Å². The summed E-state index contributed by atoms with van der Waals surface area (Å²) in [7, 11) is 0. The second-order valence-electron chi connectivity index (χ2n) is 5.73. The Morgan fingerprint density at radius 3 is 2.60 bits per heavy atom. The molecule has 0 saturated carbocycles. The topological polar surface area (TPSA) is 38.7 Å². The lowest BCUT2D eigenvalue weighted by molar-refractivity contribution is -0.117. The molecule has 0 amide bonds. The van der Waals surface area contributed by atoms with E-state index in [1.165, 1.54) is 0 Å². The van der Waals surface area contributed by atoms with Gasteiger partial charge in [-0.15, -0.1) is 0 Å². The first-order valence-corrected chi connectivity index (χ1v) is 7.69. The number of aliphatic hydroxyl groups excluding tert-OH is 1. The summed E-state index contributed by atoms with van der Waals surface area (Å²) in [5.74, 6) is 0.153. The Kier molecular flexibility index (Phi) is 4.25. The summed E-state index contributed by atoms with van der Waals surface area (Å²) in [6.45, 7) is 2.04. The number of hydrogen-bond acceptors (Lipinski definition) is 3. The second kappa shape index (κ2) is 5.82. The van der Waals surface area contributed by atoms with Gasteiger partial charge in [-0.3, -0.25) is 0 Å². The first-order valence-electron chi connectivity index (χ1n) is 6.94. The van der Waals surface area contributed by atoms with Gasteiger partial charge in [-0.1, -0.05) is 23.2 Å². The molecule has 3 rings (SSSR count). The smallest absolute Gasteiger partial charge is 0.0940 e. The van der Waals surface area contributed by atoms with Crippen LogP contribution in [0.3, 0.4) is 0 Å². The van der Waals surface area contributed by atoms with Gasteiger partial charge in [0.1, 0.15) is 0 Å². The summed E-state index contributed by atoms with van der Waals surface area (Å²) >= 11 is 12.0. The lowest BCUT2D eigenvalue weighted by Crippen LogP contribution is -2.41. The number of aliphatic hydroxyl groups is 1. The Balaban J connectivity index is 1.77. The molecule has 3 unspecified atom stereocenters. The maximum atomic E-state index is 10.6. The van der Waals surface area contributed by atoms with Crippen LogP contribution in [0.2, 0.25) is 10.0 Å². The molecule has 1 N–H and O–H groups in total. The highest BCUT2D eigenvalue weighted by molar-refractivity contribution is 6.34. The van der Waals surface area contributed by atoms with E-state index in [2.05, 4.69) is 0 Å². The lowest BCUT2D eigenvalue weighted by Gasteiger charge is -2.39. The highest BCUT2D eigenvalue weighted by atomic mass is 35.5. The van der Waals surface area contributed by atoms with Crippen molar-refractivity contribution in [3.05, 3.63) is 33.8 Å². The highest BCUT2D eigenvalue weighted by Gasteiger charge is 2.43. The Bertz CT molecular complexity index is 466. The third-order valence-electron chi connectivity index (χ3n) is 4.27. The van der Waals surface area contributed by atoms with Crippen molar-refractivity contribution < 1.29 is 14.6 Å². The molecule has 110 valence electrons. The van der Waals surface area contributed by atoms with Crippen molar-refractivity contribution in [3.63, 3.8) is 0 Å². The van der Waals surface area contributed by atoms with Crippen LogP contribution in [0.25, 0.3) is 0 Å². The summed E-state index contributed by atoms with van der Waals surface area (Å²) in [4.78, 5) is 0. The average Bonchev–Trinajstić information content (AvgIpc) is 2.85. The van der Waals surface area contributed by atoms with Gasteiger partial charge in [-0.2, -0.15) is 0 Å². The second-order valence-corrected chi connectivity index (χ2v) is 6.61. The largest absolute Gasteiger partial charge is 0.388 e. The van der Waals surface area contributed by atoms with Crippen LogP contribution in [-0.4, -0.2) is 30.5 Å². The van der Waals surface area contributed by atoms with Crippen molar-refractivity contribution in [1.29, 1.82) is 0 Å². The molecule has 1 aromatic rings. The number of hydrogen-bond donors (Lipinski definition) is 1. The molecule has 2 aliphatic heterocycles. The first kappa shape index (κ1) is 14.6. The fourth-order valence-electron chi connectivity index (χ4n) is 3.22. The summed E-state index contributed by atoms with van der Waals surface area (Å²) < 4.78 is 11.4. The molecule has 0 aliphatic carbocycles. The van der Waals surface area contributed by atoms with E-state index in [0.29, 0.717) is 23.3 Å². The van der Waals surface area contributed by atoms with Crippen LogP contribution in [0.5, 0.6) is 0 Å². The maximum Gasteiger partial charge on any atom is 0.0940 e. The Morgan fingerprint density at radius 2 is 1.95 bits per heavy atom. The fourth-order valence-corrected chi connectivity index (χ4v) is 3.76. The number of rotatable bonds is 2. The number of ether oxygens (including phenoxy) is 2. The summed E-state index contributed by atoms with van der Waals surface area (Å²) in [5.41, 5.74) is 0.579. The minimum atomic E-state index is -0.562. The molecule has 3 nitrogen and oxygen atoms in total. The Labute approximate surface area is 128 Å². The van der Waals surface area contributed by atoms with Crippen LogP contribution in [0, 0.1) is 5.92 Å². The van der Waals surface area contributed by atoms with Crippen molar-refractivity contribution in [2.45, 2.75) is 31.0 Å². The van der Waals surface area contributed by atoms with E-state index in [-0.39, 0.29) is 11.5 Å². The van der Waals surface area contributed by atoms with Crippen molar-refractivity contribution in [3.8, 4) is 0 Å². The molecule has 0 aromatic heterocycles. The van der Waals surface area contributed by atoms with Crippen molar-refractivity contribution in [2.75, 3.05) is 19.8 Å². The third-order valence-corrected chi connectivity index (χ3v) is 4.71. The van der Waals surface area contributed by atoms with Gasteiger partial charge in [0.15, 0.2) is 0 Å². The molecule has 5 heteroatoms. The standard InChI is InChI=1S/C15H18Cl2O3/c16-12-5-11(6-13(17)7-12)14(18)10-1-3-20-15(8-10)2-4-19-9-15/h5-7,10,14,18H,1-4,8-9H2. The molecule has 2 aliphatic rings. The van der Waals surface area contributed by atoms with Crippen molar-refractivity contribution >= 4 is 23.2 Å². The summed E-state index contributed by atoms with van der Waals surface area (Å²) in [5, 5.41) is 11.7. The molecule has 2 saturated heterocycles. The van der Waals surface area contributed by atoms with Crippen LogP contribution in [-0.2, 0) is 9.47 Å². The zero-order valence-corrected chi connectivity index (χ0v) is 12.7. The highest BCUT2D eigenvalue weighted by Crippen LogP contribution is 2.41. The minimum absolute atomic E-state index is 0.153. The maximum absolute atomic E-state index is 10.6. The van der Waals surface area contributed by atoms with Crippen LogP contribution in [0.4, 0.5) is 0 Å². The Hall–Kier alpha value is -0.320. The predicted molar refractivity (Wildman–Crippen MR) is 78.3 cm³/mol. The predicted octanol–water partition coefficient (Wildman–Crippen LogP) is 3.61. The van der Waals surface area contributed by atoms with Gasteiger partial charge in [-0.25, -0.2) is 0 Å². The monoisotopic (exact) mass is 316 g/mol. The molecule has 0 radical (unpaired) electrons. The molecule has 1 aromatic carbocycles. The molecular formula is C15H18Cl2O3. The average molecular weight is 317 g/mol. The quantitative estimate of drug-likeness (QED) is 0.905. The first-order chi connectivity index (χ1) is 9.58. The molecule has 2 fully saturated rings. The number of benzene rings is 1. The number of halogens is 2. The third kappa shape index (κ3) is 2.97. The normalized spacial score (nSPS) is 31.6. The van der Waals surface area contributed by atoms with Crippen LogP contribution >= 0.6 is 23.2 Å². The van der Waals surface area contributed by atoms with Gasteiger partial charge >= 0.3 is 0 Å². The molecular weight excluding hydrogens is 299 g/mol. The lowest BCUT2D eigenvalue weighted by atomic mass is 9.80. The van der Waals surface area contributed by atoms with Gasteiger partial charge in [0.25, 0.3) is 0 Å². The molecule has 0 bridgehead atoms. The Morgan fingerprint density at radius 1 is 1.20 bits per heavy atom. The fraction of sp³-hybridized carbons (Fsp3) is 0.600. The zero-order valence-electron chi connectivity index (χ0n) is 11.1. The molecule has 2 heterocycles. The van der Waals surface area contributed by atoms with Gasteiger partial charge < -0.3 is 14.6 Å². The SMILES string of the molecule is OC(c1cc(Cl)cc(Cl)c1)C1CCOC2(CCOC2)C1. The van der Waals surface area contributed by atoms with Crippen LogP contribution < -0.4 is 0 Å². The minimum Gasteiger partial charge on any atom is -0.388 e. The van der Waals surface area contributed by atoms with E-state index in [1.54, 1.807) is 18.2 Å². The zero-order chi connectivity index (χ0) is 14.2. The van der Waals surface area contributed by atoms with E-state index in [9.17, 15) is 5.11 Å². The van der Waals surface area contributed by atoms with E-state index >= 15 is 0 Å². The van der Waals surface area contributed by atoms with Gasteiger partial charge in [0.05, 0.1) is 18.3 Å². The molecule has 20 heavy (non-hydrogen) atoms. The molecule has 1 spiro atoms. The van der Waals surface area contributed by atoms with E-state index in [4.69, 9.17) is 32.7 Å². The van der Waals surface area contributed by atoms with Crippen LogP contribution in [0.15, 0.2) is 18.2 Å². The van der Waals surface area contributed by atoms with Crippen LogP contribution in [0.1, 0.15) is 30.9 Å². The van der Waals surface area contributed by atoms with Gasteiger partial charge in [-0.05, 0) is 42.5 Å². The van der Waals surface area contributed by atoms with E-state index < -0.39 is 6.10 Å². The van der Waals surface area contributed by atoms with Gasteiger partial charge in [0.2, 0.25) is 0 Å². The molecule has 3 atom stereocenters. The summed E-state index contributed by atoms with van der Waals surface area (Å²) in [6, 6.07) is 5.24. The van der Waals surface area contributed by atoms with E-state index in [1.807, 2.05) is 0 Å². The van der Waals surface area contributed by atoms with Crippen molar-refractivity contribution in [1.82, 2.24) is 0 Å².